The van der Waals surface area contributed by atoms with Gasteiger partial charge in [-0.1, -0.05) is 308 Å². The van der Waals surface area contributed by atoms with Crippen LogP contribution in [0.3, 0.4) is 0 Å². The van der Waals surface area contributed by atoms with E-state index < -0.39 is 8.32 Å². The molecule has 0 saturated carbocycles. The maximum Gasteiger partial charge on any atom is 0.288 e. The molecule has 0 spiro atoms. The first-order valence-corrected chi connectivity index (χ1v) is 36.9. The van der Waals surface area contributed by atoms with Crippen LogP contribution < -0.4 is 34.5 Å². The number of unbranched alkanes of at least 4 members (excludes halogenated alkanes) is 39. The summed E-state index contributed by atoms with van der Waals surface area (Å²) >= 11 is 0. The standard InChI is InChI=1S/C75H121NO7Si/c1-6-9-12-15-18-21-24-27-30-33-36-39-42-45-60-80-68-48-54-71(55-49-68)84(83-65-67-63-66(4)75(79-5)64-74(67)76(77)78,72-56-50-69(51-57-72)81-61-46-43-40-37-34-31-28-25-22-19-16-13-10-7-2)73-58-52-70(53-59-73)82-62-47-44-41-38-35-32-29-26-23-20-17-14-11-8-3/h48-59,63-64H,6-47,60-62,65H2,1-5H3. The summed E-state index contributed by atoms with van der Waals surface area (Å²) in [6.07, 6.45) is 55.6. The van der Waals surface area contributed by atoms with Crippen LogP contribution in [-0.4, -0.2) is 40.2 Å². The Balaban J connectivity index is 1.44. The highest BCUT2D eigenvalue weighted by atomic mass is 28.4. The number of methoxy groups -OCH3 is 1. The van der Waals surface area contributed by atoms with E-state index in [4.69, 9.17) is 23.4 Å². The first kappa shape index (κ1) is 72.1. The average Bonchev–Trinajstić information content (AvgIpc) is 1.60. The molecular formula is C75H121NO7Si. The molecule has 0 saturated heterocycles. The molecule has 0 aliphatic heterocycles. The zero-order chi connectivity index (χ0) is 59.8. The maximum absolute atomic E-state index is 12.7. The van der Waals surface area contributed by atoms with Gasteiger partial charge < -0.3 is 23.4 Å². The number of benzene rings is 4. The molecule has 0 N–H and O–H groups in total. The number of rotatable bonds is 56. The van der Waals surface area contributed by atoms with E-state index in [9.17, 15) is 10.1 Å². The van der Waals surface area contributed by atoms with E-state index in [0.717, 1.165) is 57.6 Å². The Kier molecular flexibility index (Phi) is 41.0. The van der Waals surface area contributed by atoms with Crippen LogP contribution in [0.2, 0.25) is 0 Å². The Morgan fingerprint density at radius 2 is 0.619 bits per heavy atom. The second kappa shape index (κ2) is 47.8. The molecule has 0 bridgehead atoms. The third-order valence-corrected chi connectivity index (χ3v) is 21.3. The molecule has 4 aromatic rings. The Morgan fingerprint density at radius 1 is 0.369 bits per heavy atom. The van der Waals surface area contributed by atoms with Crippen LogP contribution in [0.25, 0.3) is 0 Å². The summed E-state index contributed by atoms with van der Waals surface area (Å²) in [7, 11) is -1.87. The van der Waals surface area contributed by atoms with Gasteiger partial charge in [0.25, 0.3) is 14.0 Å². The van der Waals surface area contributed by atoms with Crippen molar-refractivity contribution in [2.24, 2.45) is 0 Å². The van der Waals surface area contributed by atoms with Gasteiger partial charge in [-0.3, -0.25) is 10.1 Å². The molecule has 0 radical (unpaired) electrons. The number of nitro benzene ring substituents is 1. The first-order valence-electron chi connectivity index (χ1n) is 35.0. The monoisotopic (exact) mass is 1180 g/mol. The lowest BCUT2D eigenvalue weighted by molar-refractivity contribution is -0.385. The van der Waals surface area contributed by atoms with E-state index in [0.29, 0.717) is 31.1 Å². The molecule has 0 aromatic heterocycles. The molecule has 84 heavy (non-hydrogen) atoms. The summed E-state index contributed by atoms with van der Waals surface area (Å²) in [5.41, 5.74) is 1.30. The summed E-state index contributed by atoms with van der Waals surface area (Å²) < 4.78 is 32.2. The lowest BCUT2D eigenvalue weighted by Gasteiger charge is -2.33. The Morgan fingerprint density at radius 3 is 0.857 bits per heavy atom. The van der Waals surface area contributed by atoms with Gasteiger partial charge in [0.05, 0.1) is 50.1 Å². The van der Waals surface area contributed by atoms with Crippen LogP contribution in [0.4, 0.5) is 5.69 Å². The number of hydrogen-bond donors (Lipinski definition) is 0. The van der Waals surface area contributed by atoms with Crippen molar-refractivity contribution in [3.63, 3.8) is 0 Å². The van der Waals surface area contributed by atoms with Gasteiger partial charge in [-0.15, -0.1) is 0 Å². The van der Waals surface area contributed by atoms with Gasteiger partial charge in [-0.05, 0) is 89.8 Å². The Labute approximate surface area is 515 Å². The van der Waals surface area contributed by atoms with Crippen LogP contribution in [0, 0.1) is 17.0 Å². The minimum absolute atomic E-state index is 0.0212. The van der Waals surface area contributed by atoms with Gasteiger partial charge in [0.2, 0.25) is 0 Å². The molecule has 4 aromatic carbocycles. The van der Waals surface area contributed by atoms with E-state index in [-0.39, 0.29) is 17.2 Å². The number of ether oxygens (including phenoxy) is 4. The van der Waals surface area contributed by atoms with Crippen molar-refractivity contribution in [3.05, 3.63) is 106 Å². The quantitative estimate of drug-likeness (QED) is 0.0143. The normalized spacial score (nSPS) is 11.6. The first-order chi connectivity index (χ1) is 41.4. The fourth-order valence-electron chi connectivity index (χ4n) is 12.0. The molecule has 0 aliphatic carbocycles. The minimum atomic E-state index is -3.42. The van der Waals surface area contributed by atoms with Crippen molar-refractivity contribution in [2.45, 2.75) is 304 Å². The zero-order valence-corrected chi connectivity index (χ0v) is 55.4. The molecule has 0 atom stereocenters. The fraction of sp³-hybridized carbons (Fsp3) is 0.680. The zero-order valence-electron chi connectivity index (χ0n) is 54.4. The van der Waals surface area contributed by atoms with Gasteiger partial charge in [0.1, 0.15) is 23.0 Å². The minimum Gasteiger partial charge on any atom is -0.496 e. The molecule has 472 valence electrons. The molecule has 4 rings (SSSR count). The van der Waals surface area contributed by atoms with E-state index in [1.807, 2.05) is 13.0 Å². The van der Waals surface area contributed by atoms with E-state index >= 15 is 0 Å². The summed E-state index contributed by atoms with van der Waals surface area (Å²) in [6, 6.07) is 28.7. The molecule has 0 amide bonds. The molecule has 0 heterocycles. The summed E-state index contributed by atoms with van der Waals surface area (Å²) in [6.45, 7) is 10.8. The van der Waals surface area contributed by atoms with Crippen molar-refractivity contribution >= 4 is 29.6 Å². The smallest absolute Gasteiger partial charge is 0.288 e. The summed E-state index contributed by atoms with van der Waals surface area (Å²) in [5.74, 6) is 2.97. The Bertz CT molecular complexity index is 2010. The van der Waals surface area contributed by atoms with Crippen LogP contribution in [0.1, 0.15) is 302 Å². The molecule has 9 heteroatoms. The largest absolute Gasteiger partial charge is 0.496 e. The van der Waals surface area contributed by atoms with Crippen molar-refractivity contribution in [1.82, 2.24) is 0 Å². The SMILES string of the molecule is CCCCCCCCCCCCCCCCOc1ccc([Si](OCc2cc(C)c(OC)cc2[N+](=O)[O-])(c2ccc(OCCCCCCCCCCCCCCCC)cc2)c2ccc(OCCCCCCCCCCCCCCCC)cc2)cc1. The third kappa shape index (κ3) is 30.3. The third-order valence-electron chi connectivity index (χ3n) is 17.3. The highest BCUT2D eigenvalue weighted by molar-refractivity contribution is 7.07. The van der Waals surface area contributed by atoms with Crippen LogP contribution in [0.15, 0.2) is 84.9 Å². The number of hydrogen-bond acceptors (Lipinski definition) is 7. The van der Waals surface area contributed by atoms with Crippen molar-refractivity contribution in [1.29, 1.82) is 0 Å². The van der Waals surface area contributed by atoms with Crippen molar-refractivity contribution in [3.8, 4) is 23.0 Å². The van der Waals surface area contributed by atoms with Gasteiger partial charge in [0.15, 0.2) is 0 Å². The predicted molar refractivity (Wildman–Crippen MR) is 361 cm³/mol. The average molecular weight is 1180 g/mol. The topological polar surface area (TPSA) is 89.3 Å². The lowest BCUT2D eigenvalue weighted by Crippen LogP contribution is -2.69. The number of aryl methyl sites for hydroxylation is 1. The lowest BCUT2D eigenvalue weighted by atomic mass is 10.0. The molecule has 0 fully saturated rings. The van der Waals surface area contributed by atoms with E-state index in [2.05, 4.69) is 93.6 Å². The van der Waals surface area contributed by atoms with E-state index in [1.54, 1.807) is 7.11 Å². The number of nitrogens with zero attached hydrogens (tertiary/aromatic N) is 1. The van der Waals surface area contributed by atoms with Crippen LogP contribution in [-0.2, 0) is 11.0 Å². The van der Waals surface area contributed by atoms with Gasteiger partial charge in [0, 0.05) is 0 Å². The maximum atomic E-state index is 12.7. The van der Waals surface area contributed by atoms with Crippen molar-refractivity contribution in [2.75, 3.05) is 26.9 Å². The predicted octanol–water partition coefficient (Wildman–Crippen LogP) is 21.7. The van der Waals surface area contributed by atoms with E-state index in [1.165, 1.54) is 256 Å². The second-order valence-corrected chi connectivity index (χ2v) is 28.0. The summed E-state index contributed by atoms with van der Waals surface area (Å²) in [5, 5.41) is 15.7. The molecule has 0 unspecified atom stereocenters. The fourth-order valence-corrected chi connectivity index (χ4v) is 15.8. The molecule has 8 nitrogen and oxygen atoms in total. The molecular weight excluding hydrogens is 1050 g/mol. The second-order valence-electron chi connectivity index (χ2n) is 24.6. The highest BCUT2D eigenvalue weighted by Crippen LogP contribution is 2.31. The van der Waals surface area contributed by atoms with Crippen LogP contribution in [0.5, 0.6) is 23.0 Å². The van der Waals surface area contributed by atoms with Gasteiger partial charge >= 0.3 is 0 Å². The van der Waals surface area contributed by atoms with Gasteiger partial charge in [-0.25, -0.2) is 0 Å². The van der Waals surface area contributed by atoms with Gasteiger partial charge in [-0.2, -0.15) is 0 Å². The summed E-state index contributed by atoms with van der Waals surface area (Å²) in [4.78, 5) is 12.3. The number of nitro groups is 1. The van der Waals surface area contributed by atoms with Crippen molar-refractivity contribution < 1.29 is 28.3 Å². The Hall–Kier alpha value is -4.34. The van der Waals surface area contributed by atoms with Crippen LogP contribution >= 0.6 is 0 Å². The molecule has 0 aliphatic rings. The highest BCUT2D eigenvalue weighted by Gasteiger charge is 2.43.